The maximum absolute atomic E-state index is 11.7. The highest BCUT2D eigenvalue weighted by atomic mass is 16.5. The quantitative estimate of drug-likeness (QED) is 0.501. The van der Waals surface area contributed by atoms with Crippen molar-refractivity contribution < 1.29 is 24.2 Å². The molecule has 0 aliphatic carbocycles. The summed E-state index contributed by atoms with van der Waals surface area (Å²) in [7, 11) is 0. The van der Waals surface area contributed by atoms with Gasteiger partial charge >= 0.3 is 5.97 Å². The van der Waals surface area contributed by atoms with E-state index in [2.05, 4.69) is 0 Å². The highest BCUT2D eigenvalue weighted by molar-refractivity contribution is 6.37. The predicted molar refractivity (Wildman–Crippen MR) is 74.5 cm³/mol. The van der Waals surface area contributed by atoms with Gasteiger partial charge in [-0.2, -0.15) is 0 Å². The second kappa shape index (κ2) is 6.47. The van der Waals surface area contributed by atoms with Crippen molar-refractivity contribution in [2.45, 2.75) is 6.42 Å². The summed E-state index contributed by atoms with van der Waals surface area (Å²) in [5, 5.41) is 8.46. The SMILES string of the molecule is O=C(O)C(=O)CC(=O)c1ccc(Oc2ccccc2)cc1. The number of carbonyl (C=O) groups is 3. The third-order valence-electron chi connectivity index (χ3n) is 2.71. The molecule has 5 heteroatoms. The Morgan fingerprint density at radius 2 is 1.43 bits per heavy atom. The molecule has 0 aliphatic rings. The highest BCUT2D eigenvalue weighted by Gasteiger charge is 2.17. The second-order valence-electron chi connectivity index (χ2n) is 4.27. The molecule has 5 nitrogen and oxygen atoms in total. The maximum atomic E-state index is 11.7. The van der Waals surface area contributed by atoms with E-state index in [-0.39, 0.29) is 5.56 Å². The van der Waals surface area contributed by atoms with Crippen molar-refractivity contribution in [3.05, 3.63) is 60.2 Å². The third-order valence-corrected chi connectivity index (χ3v) is 2.71. The Labute approximate surface area is 120 Å². The van der Waals surface area contributed by atoms with Crippen LogP contribution in [-0.4, -0.2) is 22.6 Å². The molecular weight excluding hydrogens is 272 g/mol. The van der Waals surface area contributed by atoms with Crippen molar-refractivity contribution in [1.29, 1.82) is 0 Å². The molecule has 0 fully saturated rings. The van der Waals surface area contributed by atoms with E-state index < -0.39 is 24.0 Å². The van der Waals surface area contributed by atoms with E-state index in [0.29, 0.717) is 11.5 Å². The zero-order valence-corrected chi connectivity index (χ0v) is 11.0. The van der Waals surface area contributed by atoms with E-state index in [4.69, 9.17) is 9.84 Å². The van der Waals surface area contributed by atoms with Crippen LogP contribution in [0, 0.1) is 0 Å². The Bertz CT molecular complexity index is 659. The van der Waals surface area contributed by atoms with Crippen LogP contribution in [0.25, 0.3) is 0 Å². The van der Waals surface area contributed by atoms with Crippen LogP contribution in [0.5, 0.6) is 11.5 Å². The van der Waals surface area contributed by atoms with Crippen LogP contribution in [0.1, 0.15) is 16.8 Å². The van der Waals surface area contributed by atoms with E-state index in [0.717, 1.165) is 0 Å². The number of carboxylic acid groups (broad SMARTS) is 1. The van der Waals surface area contributed by atoms with Crippen molar-refractivity contribution in [3.8, 4) is 11.5 Å². The van der Waals surface area contributed by atoms with Gasteiger partial charge in [-0.25, -0.2) is 4.79 Å². The Kier molecular flexibility index (Phi) is 4.46. The van der Waals surface area contributed by atoms with Crippen molar-refractivity contribution in [1.82, 2.24) is 0 Å². The lowest BCUT2D eigenvalue weighted by atomic mass is 10.1. The average molecular weight is 284 g/mol. The first-order chi connectivity index (χ1) is 10.1. The van der Waals surface area contributed by atoms with Crippen molar-refractivity contribution in [2.75, 3.05) is 0 Å². The minimum Gasteiger partial charge on any atom is -0.475 e. The van der Waals surface area contributed by atoms with Gasteiger partial charge in [-0.15, -0.1) is 0 Å². The molecule has 0 bridgehead atoms. The number of rotatable bonds is 6. The van der Waals surface area contributed by atoms with Gasteiger partial charge in [0.25, 0.3) is 0 Å². The highest BCUT2D eigenvalue weighted by Crippen LogP contribution is 2.21. The van der Waals surface area contributed by atoms with Gasteiger partial charge in [-0.05, 0) is 36.4 Å². The molecule has 0 saturated carbocycles. The molecule has 0 heterocycles. The minimum absolute atomic E-state index is 0.269. The molecule has 2 aromatic rings. The largest absolute Gasteiger partial charge is 0.475 e. The van der Waals surface area contributed by atoms with Gasteiger partial charge in [0.15, 0.2) is 5.78 Å². The van der Waals surface area contributed by atoms with E-state index in [1.165, 1.54) is 12.1 Å². The summed E-state index contributed by atoms with van der Waals surface area (Å²) in [6, 6.07) is 15.3. The van der Waals surface area contributed by atoms with Crippen molar-refractivity contribution in [2.24, 2.45) is 0 Å². The fraction of sp³-hybridized carbons (Fsp3) is 0.0625. The second-order valence-corrected chi connectivity index (χ2v) is 4.27. The minimum atomic E-state index is -1.60. The summed E-state index contributed by atoms with van der Waals surface area (Å²) in [5.74, 6) is -2.05. The van der Waals surface area contributed by atoms with Crippen LogP contribution in [0.4, 0.5) is 0 Å². The Morgan fingerprint density at radius 3 is 2.00 bits per heavy atom. The van der Waals surface area contributed by atoms with E-state index >= 15 is 0 Å². The van der Waals surface area contributed by atoms with Gasteiger partial charge in [-0.3, -0.25) is 9.59 Å². The van der Waals surface area contributed by atoms with Crippen LogP contribution < -0.4 is 4.74 Å². The first-order valence-corrected chi connectivity index (χ1v) is 6.18. The first-order valence-electron chi connectivity index (χ1n) is 6.18. The molecule has 0 saturated heterocycles. The predicted octanol–water partition coefficient (Wildman–Crippen LogP) is 2.71. The summed E-state index contributed by atoms with van der Waals surface area (Å²) in [4.78, 5) is 33.1. The monoisotopic (exact) mass is 284 g/mol. The number of aliphatic carboxylic acids is 1. The fourth-order valence-electron chi connectivity index (χ4n) is 1.66. The van der Waals surface area contributed by atoms with Gasteiger partial charge in [0.2, 0.25) is 5.78 Å². The molecule has 0 radical (unpaired) electrons. The fourth-order valence-corrected chi connectivity index (χ4v) is 1.66. The number of ketones is 2. The van der Waals surface area contributed by atoms with E-state index in [1.807, 2.05) is 18.2 Å². The Morgan fingerprint density at radius 1 is 0.857 bits per heavy atom. The molecule has 0 unspecified atom stereocenters. The number of ether oxygens (including phenoxy) is 1. The summed E-state index contributed by atoms with van der Waals surface area (Å²) in [6.07, 6.45) is -0.645. The molecular formula is C16H12O5. The first kappa shape index (κ1) is 14.5. The standard InChI is InChI=1S/C16H12O5/c17-14(10-15(18)16(19)20)11-6-8-13(9-7-11)21-12-4-2-1-3-5-12/h1-9H,10H2,(H,19,20). The van der Waals surface area contributed by atoms with E-state index in [1.54, 1.807) is 24.3 Å². The maximum Gasteiger partial charge on any atom is 0.372 e. The molecule has 0 aliphatic heterocycles. The summed E-state index contributed by atoms with van der Waals surface area (Å²) < 4.78 is 5.56. The Balaban J connectivity index is 2.03. The van der Waals surface area contributed by atoms with Crippen LogP contribution >= 0.6 is 0 Å². The van der Waals surface area contributed by atoms with Crippen LogP contribution in [-0.2, 0) is 9.59 Å². The lowest BCUT2D eigenvalue weighted by molar-refractivity contribution is -0.148. The van der Waals surface area contributed by atoms with Gasteiger partial charge < -0.3 is 9.84 Å². The molecule has 2 rings (SSSR count). The third kappa shape index (κ3) is 4.01. The van der Waals surface area contributed by atoms with Gasteiger partial charge in [0.05, 0.1) is 6.42 Å². The van der Waals surface area contributed by atoms with Crippen LogP contribution in [0.2, 0.25) is 0 Å². The molecule has 0 spiro atoms. The van der Waals surface area contributed by atoms with E-state index in [9.17, 15) is 14.4 Å². The van der Waals surface area contributed by atoms with Crippen molar-refractivity contribution >= 4 is 17.5 Å². The molecule has 0 atom stereocenters. The number of hydrogen-bond acceptors (Lipinski definition) is 4. The normalized spacial score (nSPS) is 9.90. The van der Waals surface area contributed by atoms with Gasteiger partial charge in [0, 0.05) is 5.56 Å². The summed E-state index contributed by atoms with van der Waals surface area (Å²) >= 11 is 0. The van der Waals surface area contributed by atoms with Crippen LogP contribution in [0.3, 0.4) is 0 Å². The topological polar surface area (TPSA) is 80.7 Å². The Hall–Kier alpha value is -2.95. The lowest BCUT2D eigenvalue weighted by Gasteiger charge is -2.06. The number of hydrogen-bond donors (Lipinski definition) is 1. The average Bonchev–Trinajstić information content (AvgIpc) is 2.48. The number of Topliss-reactive ketones (excluding diaryl/α,β-unsaturated/α-hetero) is 2. The zero-order chi connectivity index (χ0) is 15.2. The molecule has 21 heavy (non-hydrogen) atoms. The van der Waals surface area contributed by atoms with Gasteiger partial charge in [-0.1, -0.05) is 18.2 Å². The number of para-hydroxylation sites is 1. The van der Waals surface area contributed by atoms with Crippen molar-refractivity contribution in [3.63, 3.8) is 0 Å². The number of carboxylic acids is 1. The molecule has 2 aromatic carbocycles. The molecule has 1 N–H and O–H groups in total. The zero-order valence-electron chi connectivity index (χ0n) is 11.0. The summed E-state index contributed by atoms with van der Waals surface area (Å²) in [6.45, 7) is 0. The lowest BCUT2D eigenvalue weighted by Crippen LogP contribution is -2.17. The van der Waals surface area contributed by atoms with Crippen LogP contribution in [0.15, 0.2) is 54.6 Å². The molecule has 106 valence electrons. The molecule has 0 amide bonds. The molecule has 0 aromatic heterocycles. The number of carbonyl (C=O) groups excluding carboxylic acids is 2. The summed E-state index contributed by atoms with van der Waals surface area (Å²) in [5.41, 5.74) is 0.269. The number of benzene rings is 2. The smallest absolute Gasteiger partial charge is 0.372 e. The van der Waals surface area contributed by atoms with Gasteiger partial charge in [0.1, 0.15) is 11.5 Å².